The van der Waals surface area contributed by atoms with Crippen LogP contribution in [0.4, 0.5) is 0 Å². The number of aromatic nitrogens is 8. The molecule has 0 radical (unpaired) electrons. The molecule has 216 valence electrons. The summed E-state index contributed by atoms with van der Waals surface area (Å²) in [6.45, 7) is 0. The minimum atomic E-state index is 0.597. The van der Waals surface area contributed by atoms with Crippen molar-refractivity contribution in [2.75, 3.05) is 14.1 Å². The predicted octanol–water partition coefficient (Wildman–Crippen LogP) is 6.57. The van der Waals surface area contributed by atoms with Gasteiger partial charge in [0.15, 0.2) is 23.3 Å². The number of hydrogen-bond donors (Lipinski definition) is 2. The van der Waals surface area contributed by atoms with Gasteiger partial charge in [-0.3, -0.25) is 4.79 Å². The number of carbonyl (C=O) groups is 1. The number of fused-ring (bicyclic) bond motifs is 20. The molecule has 45 heavy (non-hydrogen) atoms. The van der Waals surface area contributed by atoms with Crippen LogP contribution in [0.3, 0.4) is 0 Å². The lowest BCUT2D eigenvalue weighted by molar-refractivity contribution is -0.115. The lowest BCUT2D eigenvalue weighted by Crippen LogP contribution is -2.06. The van der Waals surface area contributed by atoms with Gasteiger partial charge in [0, 0.05) is 57.9 Å². The van der Waals surface area contributed by atoms with E-state index < -0.39 is 0 Å². The van der Waals surface area contributed by atoms with E-state index in [1.165, 1.54) is 4.90 Å². The Bertz CT molecular complexity index is 2140. The lowest BCUT2D eigenvalue weighted by Gasteiger charge is -1.96. The summed E-state index contributed by atoms with van der Waals surface area (Å²) in [6, 6.07) is 32.2. The van der Waals surface area contributed by atoms with Crippen LogP contribution in [0.15, 0.2) is 97.1 Å². The Labute approximate surface area is 256 Å². The minimum Gasteiger partial charge on any atom is -0.351 e. The molecule has 2 N–H and O–H groups in total. The van der Waals surface area contributed by atoms with Crippen molar-refractivity contribution in [3.8, 4) is 45.6 Å². The highest BCUT2D eigenvalue weighted by molar-refractivity contribution is 6.06. The normalized spacial score (nSPS) is 11.4. The molecule has 9 rings (SSSR count). The van der Waals surface area contributed by atoms with Gasteiger partial charge in [0.2, 0.25) is 6.41 Å². The van der Waals surface area contributed by atoms with Gasteiger partial charge in [-0.25, -0.2) is 29.9 Å². The summed E-state index contributed by atoms with van der Waals surface area (Å²) in [5, 5.41) is 3.82. The zero-order valence-electron chi connectivity index (χ0n) is 24.4. The van der Waals surface area contributed by atoms with Crippen LogP contribution in [-0.2, 0) is 4.79 Å². The van der Waals surface area contributed by atoms with E-state index in [9.17, 15) is 4.79 Å². The molecule has 2 aliphatic rings. The molecule has 0 fully saturated rings. The van der Waals surface area contributed by atoms with Gasteiger partial charge in [0.25, 0.3) is 0 Å². The van der Waals surface area contributed by atoms with Crippen molar-refractivity contribution in [3.63, 3.8) is 0 Å². The Hall–Kier alpha value is -6.29. The molecular weight excluding hydrogens is 562 g/mol. The summed E-state index contributed by atoms with van der Waals surface area (Å²) in [5.74, 6) is 2.39. The molecule has 7 aromatic rings. The summed E-state index contributed by atoms with van der Waals surface area (Å²) in [7, 11) is 3.38. The molecule has 0 aliphatic carbocycles. The number of amides is 1. The predicted molar refractivity (Wildman–Crippen MR) is 176 cm³/mol. The smallest absolute Gasteiger partial charge is 0.209 e. The summed E-state index contributed by atoms with van der Waals surface area (Å²) in [6.07, 6.45) is 0.750. The van der Waals surface area contributed by atoms with E-state index in [1.54, 1.807) is 14.1 Å². The van der Waals surface area contributed by atoms with E-state index in [0.717, 1.165) is 50.2 Å². The van der Waals surface area contributed by atoms with E-state index in [4.69, 9.17) is 29.9 Å². The van der Waals surface area contributed by atoms with Crippen molar-refractivity contribution in [1.29, 1.82) is 0 Å². The first kappa shape index (κ1) is 26.3. The molecule has 0 atom stereocenters. The number of carbonyl (C=O) groups excluding carboxylic acids is 1. The second kappa shape index (κ2) is 10.5. The number of nitrogens with one attached hydrogen (secondary N) is 2. The fourth-order valence-electron chi connectivity index (χ4n) is 5.59. The van der Waals surface area contributed by atoms with E-state index in [1.807, 2.05) is 97.1 Å². The second-order valence-electron chi connectivity index (χ2n) is 10.9. The summed E-state index contributed by atoms with van der Waals surface area (Å²) in [4.78, 5) is 47.6. The first-order chi connectivity index (χ1) is 22.1. The van der Waals surface area contributed by atoms with E-state index in [2.05, 4.69) is 9.97 Å². The summed E-state index contributed by atoms with van der Waals surface area (Å²) in [5.41, 5.74) is 6.45. The summed E-state index contributed by atoms with van der Waals surface area (Å²) >= 11 is 0. The largest absolute Gasteiger partial charge is 0.351 e. The van der Waals surface area contributed by atoms with Crippen LogP contribution < -0.4 is 0 Å². The number of rotatable bonds is 1. The third kappa shape index (κ3) is 4.47. The van der Waals surface area contributed by atoms with Crippen molar-refractivity contribution in [2.24, 2.45) is 0 Å². The third-order valence-corrected chi connectivity index (χ3v) is 7.67. The zero-order valence-corrected chi connectivity index (χ0v) is 24.4. The van der Waals surface area contributed by atoms with Gasteiger partial charge in [0.05, 0.1) is 0 Å². The Kier molecular flexibility index (Phi) is 6.12. The van der Waals surface area contributed by atoms with E-state index in [-0.39, 0.29) is 0 Å². The fraction of sp³-hybridized carbons (Fsp3) is 0.0571. The van der Waals surface area contributed by atoms with Gasteiger partial charge in [0.1, 0.15) is 22.6 Å². The molecule has 0 saturated heterocycles. The van der Waals surface area contributed by atoms with Crippen LogP contribution in [-0.4, -0.2) is 65.3 Å². The molecule has 1 amide bonds. The molecule has 10 nitrogen and oxygen atoms in total. The first-order valence-corrected chi connectivity index (χ1v) is 14.4. The molecule has 8 bridgehead atoms. The molecule has 0 unspecified atom stereocenters. The molecule has 0 saturated carbocycles. The van der Waals surface area contributed by atoms with Crippen LogP contribution in [0.5, 0.6) is 0 Å². The Morgan fingerprint density at radius 3 is 0.933 bits per heavy atom. The molecule has 0 spiro atoms. The van der Waals surface area contributed by atoms with Gasteiger partial charge >= 0.3 is 0 Å². The van der Waals surface area contributed by atoms with E-state index in [0.29, 0.717) is 45.9 Å². The average molecular weight is 588 g/mol. The zero-order chi connectivity index (χ0) is 30.5. The van der Waals surface area contributed by atoms with E-state index >= 15 is 0 Å². The highest BCUT2D eigenvalue weighted by Gasteiger charge is 2.21. The lowest BCUT2D eigenvalue weighted by atomic mass is 10.1. The summed E-state index contributed by atoms with van der Waals surface area (Å²) < 4.78 is 0. The highest BCUT2D eigenvalue weighted by Crippen LogP contribution is 2.36. The maximum Gasteiger partial charge on any atom is 0.209 e. The van der Waals surface area contributed by atoms with Crippen molar-refractivity contribution < 1.29 is 4.79 Å². The molecule has 2 aliphatic heterocycles. The van der Waals surface area contributed by atoms with Crippen molar-refractivity contribution >= 4 is 50.5 Å². The number of nitrogens with zero attached hydrogens (tertiary/aromatic N) is 7. The minimum absolute atomic E-state index is 0.597. The molecule has 5 heterocycles. The maximum atomic E-state index is 9.43. The van der Waals surface area contributed by atoms with Gasteiger partial charge in [-0.2, -0.15) is 0 Å². The number of benzene rings is 4. The van der Waals surface area contributed by atoms with Crippen molar-refractivity contribution in [2.45, 2.75) is 0 Å². The Morgan fingerprint density at radius 1 is 0.444 bits per heavy atom. The molecule has 3 aromatic heterocycles. The SMILES string of the molecule is CN(C)C=O.c1ccc2c(c1)-c1nc-2nc2[nH]c(nc3nc(nc4[nH]c(n1)c1ccccc41)-c1ccccc1-3)c1ccccc21. The van der Waals surface area contributed by atoms with Gasteiger partial charge in [-0.1, -0.05) is 97.1 Å². The second-order valence-corrected chi connectivity index (χ2v) is 10.9. The van der Waals surface area contributed by atoms with Crippen LogP contribution in [0.25, 0.3) is 89.7 Å². The van der Waals surface area contributed by atoms with Gasteiger partial charge < -0.3 is 14.9 Å². The highest BCUT2D eigenvalue weighted by atomic mass is 16.1. The topological polar surface area (TPSA) is 129 Å². The first-order valence-electron chi connectivity index (χ1n) is 14.4. The monoisotopic (exact) mass is 587 g/mol. The van der Waals surface area contributed by atoms with Gasteiger partial charge in [-0.15, -0.1) is 0 Å². The number of H-pyrrole nitrogens is 2. The Balaban J connectivity index is 0.000000560. The third-order valence-electron chi connectivity index (χ3n) is 7.67. The maximum absolute atomic E-state index is 9.43. The number of aromatic amines is 2. The molecular formula is C35H25N9O. The average Bonchev–Trinajstić information content (AvgIpc) is 3.81. The van der Waals surface area contributed by atoms with Gasteiger partial charge in [-0.05, 0) is 0 Å². The van der Waals surface area contributed by atoms with Crippen LogP contribution in [0.1, 0.15) is 0 Å². The van der Waals surface area contributed by atoms with Crippen LogP contribution in [0, 0.1) is 0 Å². The van der Waals surface area contributed by atoms with Crippen LogP contribution in [0.2, 0.25) is 0 Å². The molecule has 4 aromatic carbocycles. The Morgan fingerprint density at radius 2 is 0.689 bits per heavy atom. The van der Waals surface area contributed by atoms with Crippen molar-refractivity contribution in [3.05, 3.63) is 97.1 Å². The quantitative estimate of drug-likeness (QED) is 0.208. The number of hydrogen-bond acceptors (Lipinski definition) is 7. The standard InChI is InChI=1S/C32H18N8.C3H7NO/c1-2-10-18-17(9-1)25-33-26(18)38-28-21-13-5-6-14-22(21)30(35-28)40-32-24-16-8-7-15-23(24)31(36-32)39-29-20-12-4-3-11-19(20)27(34-29)37-25;1-4(2)3-5/h1-16H,(H2,33,34,35,36,37,38,39,40);3H,1-2H3. The molecule has 10 heteroatoms. The van der Waals surface area contributed by atoms with Crippen molar-refractivity contribution in [1.82, 2.24) is 44.8 Å². The fourth-order valence-corrected chi connectivity index (χ4v) is 5.59. The van der Waals surface area contributed by atoms with Crippen LogP contribution >= 0.6 is 0 Å².